The smallest absolute Gasteiger partial charge is 0.330 e. The highest BCUT2D eigenvalue weighted by atomic mass is 16.5. The Balaban J connectivity index is 2.00. The normalized spacial score (nSPS) is 11.1. The third-order valence-corrected chi connectivity index (χ3v) is 5.06. The molecule has 9 nitrogen and oxygen atoms in total. The summed E-state index contributed by atoms with van der Waals surface area (Å²) < 4.78 is 6.43. The van der Waals surface area contributed by atoms with E-state index in [1.165, 1.54) is 16.6 Å². The number of H-pyrrole nitrogens is 2. The van der Waals surface area contributed by atoms with Gasteiger partial charge < -0.3 is 20.4 Å². The van der Waals surface area contributed by atoms with Gasteiger partial charge in [0.2, 0.25) is 5.91 Å². The second-order valence-corrected chi connectivity index (χ2v) is 7.07. The molecule has 9 heteroatoms. The number of carbonyl (C=O) groups is 1. The van der Waals surface area contributed by atoms with Crippen LogP contribution in [0.2, 0.25) is 0 Å². The van der Waals surface area contributed by atoms with E-state index in [1.54, 1.807) is 6.20 Å². The van der Waals surface area contributed by atoms with Crippen molar-refractivity contribution in [2.75, 3.05) is 30.9 Å². The molecular weight excluding hydrogens is 386 g/mol. The molecule has 0 unspecified atom stereocenters. The van der Waals surface area contributed by atoms with Crippen molar-refractivity contribution in [3.8, 4) is 0 Å². The first-order valence-corrected chi connectivity index (χ1v) is 9.94. The number of anilines is 2. The largest absolute Gasteiger partial charge is 0.383 e. The third kappa shape index (κ3) is 4.30. The zero-order valence-electron chi connectivity index (χ0n) is 17.2. The number of aromatic amines is 2. The number of aromatic nitrogens is 3. The van der Waals surface area contributed by atoms with Crippen LogP contribution < -0.4 is 21.9 Å². The van der Waals surface area contributed by atoms with E-state index < -0.39 is 11.2 Å². The van der Waals surface area contributed by atoms with Gasteiger partial charge in [0.05, 0.1) is 13.0 Å². The molecule has 2 aromatic heterocycles. The summed E-state index contributed by atoms with van der Waals surface area (Å²) in [5, 5.41) is 0.937. The Morgan fingerprint density at radius 1 is 1.27 bits per heavy atom. The monoisotopic (exact) mass is 413 g/mol. The van der Waals surface area contributed by atoms with Gasteiger partial charge in [-0.2, -0.15) is 0 Å². The lowest BCUT2D eigenvalue weighted by Crippen LogP contribution is -2.43. The van der Waals surface area contributed by atoms with E-state index in [4.69, 9.17) is 10.5 Å². The maximum absolute atomic E-state index is 13.2. The SMILES string of the molecule is CCCCn1c(N)c(N(CCOC)C(=O)Cc2c[nH]c3ccccc23)c(=O)[nH]c1=O. The molecule has 0 spiro atoms. The van der Waals surface area contributed by atoms with Crippen LogP contribution in [0.1, 0.15) is 25.3 Å². The maximum atomic E-state index is 13.2. The predicted molar refractivity (Wildman–Crippen MR) is 117 cm³/mol. The molecule has 30 heavy (non-hydrogen) atoms. The topological polar surface area (TPSA) is 126 Å². The highest BCUT2D eigenvalue weighted by molar-refractivity contribution is 5.99. The van der Waals surface area contributed by atoms with Crippen LogP contribution in [0.25, 0.3) is 10.9 Å². The quantitative estimate of drug-likeness (QED) is 0.491. The number of unbranched alkanes of at least 4 members (excludes halogenated alkanes) is 1. The molecule has 0 aliphatic heterocycles. The number of carbonyl (C=O) groups excluding carboxylic acids is 1. The number of nitrogens with two attached hydrogens (primary N) is 1. The molecule has 1 aromatic carbocycles. The minimum atomic E-state index is -0.686. The zero-order chi connectivity index (χ0) is 21.7. The van der Waals surface area contributed by atoms with Gasteiger partial charge in [0.1, 0.15) is 5.82 Å². The number of hydrogen-bond acceptors (Lipinski definition) is 5. The van der Waals surface area contributed by atoms with Gasteiger partial charge in [-0.3, -0.25) is 19.1 Å². The summed E-state index contributed by atoms with van der Waals surface area (Å²) in [5.74, 6) is -0.324. The van der Waals surface area contributed by atoms with E-state index >= 15 is 0 Å². The molecule has 0 fully saturated rings. The molecular formula is C21H27N5O4. The van der Waals surface area contributed by atoms with Crippen molar-refractivity contribution in [2.45, 2.75) is 32.7 Å². The highest BCUT2D eigenvalue weighted by Gasteiger charge is 2.24. The number of ether oxygens (including phenoxy) is 1. The average molecular weight is 413 g/mol. The van der Waals surface area contributed by atoms with E-state index in [1.807, 2.05) is 31.2 Å². The van der Waals surface area contributed by atoms with E-state index in [9.17, 15) is 14.4 Å². The van der Waals surface area contributed by atoms with Crippen LogP contribution in [0.5, 0.6) is 0 Å². The zero-order valence-corrected chi connectivity index (χ0v) is 17.2. The number of nitrogens with one attached hydrogen (secondary N) is 2. The first-order valence-electron chi connectivity index (χ1n) is 9.94. The number of methoxy groups -OCH3 is 1. The Morgan fingerprint density at radius 3 is 2.77 bits per heavy atom. The Labute approximate surface area is 173 Å². The van der Waals surface area contributed by atoms with Gasteiger partial charge in [-0.15, -0.1) is 0 Å². The number of benzene rings is 1. The van der Waals surface area contributed by atoms with Gasteiger partial charge in [-0.05, 0) is 18.1 Å². The first kappa shape index (κ1) is 21.4. The number of nitrogens with zero attached hydrogens (tertiary/aromatic N) is 2. The maximum Gasteiger partial charge on any atom is 0.330 e. The number of rotatable bonds is 9. The molecule has 0 aliphatic rings. The number of amides is 1. The average Bonchev–Trinajstić information content (AvgIpc) is 3.13. The molecule has 0 bridgehead atoms. The van der Waals surface area contributed by atoms with Gasteiger partial charge in [-0.1, -0.05) is 31.5 Å². The second-order valence-electron chi connectivity index (χ2n) is 7.07. The molecule has 2 heterocycles. The Kier molecular flexibility index (Phi) is 6.73. The first-order chi connectivity index (χ1) is 14.5. The fraction of sp³-hybridized carbons (Fsp3) is 0.381. The molecule has 0 atom stereocenters. The van der Waals surface area contributed by atoms with E-state index in [0.717, 1.165) is 29.3 Å². The molecule has 0 aliphatic carbocycles. The van der Waals surface area contributed by atoms with Crippen molar-refractivity contribution < 1.29 is 9.53 Å². The molecule has 4 N–H and O–H groups in total. The number of fused-ring (bicyclic) bond motifs is 1. The summed E-state index contributed by atoms with van der Waals surface area (Å²) in [7, 11) is 1.51. The highest BCUT2D eigenvalue weighted by Crippen LogP contribution is 2.22. The van der Waals surface area contributed by atoms with Crippen molar-refractivity contribution in [3.05, 3.63) is 56.9 Å². The Bertz CT molecular complexity index is 1140. The summed E-state index contributed by atoms with van der Waals surface area (Å²) in [6, 6.07) is 7.67. The van der Waals surface area contributed by atoms with Gasteiger partial charge in [-0.25, -0.2) is 4.79 Å². The van der Waals surface area contributed by atoms with Crippen molar-refractivity contribution in [3.63, 3.8) is 0 Å². The van der Waals surface area contributed by atoms with Crippen molar-refractivity contribution in [1.82, 2.24) is 14.5 Å². The molecule has 3 aromatic rings. The summed E-state index contributed by atoms with van der Waals surface area (Å²) in [6.07, 6.45) is 3.43. The van der Waals surface area contributed by atoms with Gasteiger partial charge in [0, 0.05) is 37.3 Å². The van der Waals surface area contributed by atoms with Gasteiger partial charge in [0.15, 0.2) is 5.69 Å². The van der Waals surface area contributed by atoms with Crippen LogP contribution in [0, 0.1) is 0 Å². The van der Waals surface area contributed by atoms with Crippen LogP contribution in [0.3, 0.4) is 0 Å². The molecule has 0 saturated carbocycles. The Morgan fingerprint density at radius 2 is 2.03 bits per heavy atom. The minimum Gasteiger partial charge on any atom is -0.383 e. The minimum absolute atomic E-state index is 0.0134. The van der Waals surface area contributed by atoms with Crippen molar-refractivity contribution in [1.29, 1.82) is 0 Å². The van der Waals surface area contributed by atoms with E-state index in [2.05, 4.69) is 9.97 Å². The van der Waals surface area contributed by atoms with Crippen LogP contribution in [0.15, 0.2) is 40.1 Å². The lowest BCUT2D eigenvalue weighted by Gasteiger charge is -2.24. The molecule has 0 radical (unpaired) electrons. The summed E-state index contributed by atoms with van der Waals surface area (Å²) in [4.78, 5) is 44.8. The Hall–Kier alpha value is -3.33. The lowest BCUT2D eigenvalue weighted by atomic mass is 10.1. The van der Waals surface area contributed by atoms with Crippen molar-refractivity contribution >= 4 is 28.3 Å². The van der Waals surface area contributed by atoms with Crippen LogP contribution in [-0.2, 0) is 22.5 Å². The molecule has 0 saturated heterocycles. The van der Waals surface area contributed by atoms with E-state index in [-0.39, 0.29) is 37.0 Å². The number of nitrogen functional groups attached to an aromatic ring is 1. The summed E-state index contributed by atoms with van der Waals surface area (Å²) >= 11 is 0. The third-order valence-electron chi connectivity index (χ3n) is 5.06. The fourth-order valence-electron chi connectivity index (χ4n) is 3.46. The van der Waals surface area contributed by atoms with Gasteiger partial charge >= 0.3 is 5.69 Å². The van der Waals surface area contributed by atoms with E-state index in [0.29, 0.717) is 6.54 Å². The van der Waals surface area contributed by atoms with Crippen LogP contribution in [0.4, 0.5) is 11.5 Å². The van der Waals surface area contributed by atoms with Gasteiger partial charge in [0.25, 0.3) is 5.56 Å². The second kappa shape index (κ2) is 9.45. The molecule has 3 rings (SSSR count). The lowest BCUT2D eigenvalue weighted by molar-refractivity contribution is -0.118. The van der Waals surface area contributed by atoms with Crippen molar-refractivity contribution in [2.24, 2.45) is 0 Å². The predicted octanol–water partition coefficient (Wildman–Crippen LogP) is 1.62. The number of hydrogen-bond donors (Lipinski definition) is 3. The van der Waals surface area contributed by atoms with Crippen LogP contribution >= 0.6 is 0 Å². The molecule has 1 amide bonds. The van der Waals surface area contributed by atoms with Crippen LogP contribution in [-0.4, -0.2) is 40.7 Å². The summed E-state index contributed by atoms with van der Waals surface area (Å²) in [6.45, 7) is 2.70. The fourth-order valence-corrected chi connectivity index (χ4v) is 3.46. The standard InChI is InChI=1S/C21H27N5O4/c1-3-4-9-26-19(22)18(20(28)24-21(26)29)25(10-11-30-2)17(27)12-14-13-23-16-8-6-5-7-15(14)16/h5-8,13,23H,3-4,9-12,22H2,1-2H3,(H,24,28,29). The number of para-hydroxylation sites is 1. The molecule has 160 valence electrons. The summed E-state index contributed by atoms with van der Waals surface area (Å²) in [5.41, 5.74) is 6.65.